The van der Waals surface area contributed by atoms with Crippen LogP contribution in [0.25, 0.3) is 0 Å². The average Bonchev–Trinajstić information content (AvgIpc) is 3.47. The summed E-state index contributed by atoms with van der Waals surface area (Å²) in [6.07, 6.45) is 0.286. The number of piperidine rings is 1. The molecule has 0 unspecified atom stereocenters. The van der Waals surface area contributed by atoms with Crippen LogP contribution >= 0.6 is 0 Å². The predicted molar refractivity (Wildman–Crippen MR) is 159 cm³/mol. The third kappa shape index (κ3) is 7.13. The zero-order chi connectivity index (χ0) is 28.7. The molecule has 1 fully saturated rings. The molecule has 0 radical (unpaired) electrons. The van der Waals surface area contributed by atoms with Gasteiger partial charge in [0, 0.05) is 19.6 Å². The van der Waals surface area contributed by atoms with Gasteiger partial charge in [-0.25, -0.2) is 8.78 Å². The summed E-state index contributed by atoms with van der Waals surface area (Å²) in [6.45, 7) is 3.38. The van der Waals surface area contributed by atoms with Crippen LogP contribution in [0.1, 0.15) is 27.8 Å². The minimum Gasteiger partial charge on any atom is -0.369 e. The zero-order valence-electron chi connectivity index (χ0n) is 23.7. The first-order chi connectivity index (χ1) is 20.6. The van der Waals surface area contributed by atoms with Crippen LogP contribution in [0.2, 0.25) is 0 Å². The van der Waals surface area contributed by atoms with E-state index in [2.05, 4.69) is 41.3 Å². The van der Waals surface area contributed by atoms with Crippen LogP contribution in [-0.4, -0.2) is 42.8 Å². The van der Waals surface area contributed by atoms with Crippen LogP contribution in [0.4, 0.5) is 8.78 Å². The normalized spacial score (nSPS) is 21.0. The number of rotatable bonds is 11. The Labute approximate surface area is 246 Å². The molecule has 1 aliphatic heterocycles. The van der Waals surface area contributed by atoms with Crippen LogP contribution < -0.4 is 0 Å². The molecule has 1 saturated heterocycles. The molecule has 4 nitrogen and oxygen atoms in total. The Morgan fingerprint density at radius 1 is 0.548 bits per heavy atom. The maximum absolute atomic E-state index is 14.5. The van der Waals surface area contributed by atoms with Gasteiger partial charge in [0.15, 0.2) is 0 Å². The minimum atomic E-state index is -0.310. The molecule has 0 N–H and O–H groups in total. The molecule has 6 heteroatoms. The van der Waals surface area contributed by atoms with Crippen molar-refractivity contribution >= 4 is 0 Å². The molecule has 2 aliphatic rings. The number of hydrogen-bond acceptors (Lipinski definition) is 4. The molecule has 0 bridgehead atoms. The van der Waals surface area contributed by atoms with Gasteiger partial charge in [-0.15, -0.1) is 0 Å². The van der Waals surface area contributed by atoms with Crippen molar-refractivity contribution in [1.82, 2.24) is 4.90 Å². The molecule has 0 aromatic heterocycles. The van der Waals surface area contributed by atoms with Crippen molar-refractivity contribution in [1.29, 1.82) is 0 Å². The van der Waals surface area contributed by atoms with E-state index in [0.717, 1.165) is 16.7 Å². The van der Waals surface area contributed by atoms with E-state index in [9.17, 15) is 8.78 Å². The monoisotopic (exact) mass is 569 g/mol. The molecule has 218 valence electrons. The van der Waals surface area contributed by atoms with Crippen LogP contribution in [0.3, 0.4) is 0 Å². The lowest BCUT2D eigenvalue weighted by Crippen LogP contribution is -2.58. The third-order valence-corrected chi connectivity index (χ3v) is 8.33. The van der Waals surface area contributed by atoms with Crippen LogP contribution in [0, 0.1) is 17.6 Å². The highest BCUT2D eigenvalue weighted by atomic mass is 19.1. The lowest BCUT2D eigenvalue weighted by Gasteiger charge is -2.44. The fourth-order valence-electron chi connectivity index (χ4n) is 6.23. The van der Waals surface area contributed by atoms with Gasteiger partial charge in [-0.3, -0.25) is 4.90 Å². The van der Waals surface area contributed by atoms with E-state index in [1.165, 1.54) is 12.1 Å². The van der Waals surface area contributed by atoms with Crippen molar-refractivity contribution in [2.24, 2.45) is 5.92 Å². The number of ether oxygens (including phenoxy) is 3. The molecular formula is C36H37F2NO3. The lowest BCUT2D eigenvalue weighted by molar-refractivity contribution is -0.185. The molecule has 0 spiro atoms. The molecule has 1 aliphatic carbocycles. The summed E-state index contributed by atoms with van der Waals surface area (Å²) in [5, 5.41) is 0. The first kappa shape index (κ1) is 28.7. The maximum atomic E-state index is 14.5. The van der Waals surface area contributed by atoms with Gasteiger partial charge in [-0.2, -0.15) is 0 Å². The van der Waals surface area contributed by atoms with Gasteiger partial charge in [0.25, 0.3) is 0 Å². The molecule has 1 heterocycles. The maximum Gasteiger partial charge on any atom is 0.126 e. The van der Waals surface area contributed by atoms with E-state index in [1.807, 2.05) is 54.6 Å². The minimum absolute atomic E-state index is 0.123. The first-order valence-corrected chi connectivity index (χ1v) is 14.8. The third-order valence-electron chi connectivity index (χ3n) is 8.33. The Balaban J connectivity index is 1.21. The standard InChI is InChI=1S/C36H37F2NO3/c37-32-16-17-33(38)31-19-29(18-30(31)32)20-39-21-34(40-23-26-10-4-1-5-11-26)36(42-25-28-14-8-3-9-15-28)35(22-39)41-24-27-12-6-2-7-13-27/h1-17,29,34-36H,18-25H2/t34-,35+,36+. The van der Waals surface area contributed by atoms with Gasteiger partial charge < -0.3 is 14.2 Å². The quantitative estimate of drug-likeness (QED) is 0.200. The summed E-state index contributed by atoms with van der Waals surface area (Å²) in [6, 6.07) is 32.9. The highest BCUT2D eigenvalue weighted by Gasteiger charge is 2.41. The fourth-order valence-corrected chi connectivity index (χ4v) is 6.23. The number of nitrogens with zero attached hydrogens (tertiary/aromatic N) is 1. The number of halogens is 2. The molecule has 4 aromatic carbocycles. The topological polar surface area (TPSA) is 30.9 Å². The van der Waals surface area contributed by atoms with Crippen molar-refractivity contribution in [3.8, 4) is 0 Å². The second-order valence-corrected chi connectivity index (χ2v) is 11.4. The summed E-state index contributed by atoms with van der Waals surface area (Å²) in [5.74, 6) is -0.497. The second-order valence-electron chi connectivity index (χ2n) is 11.4. The van der Waals surface area contributed by atoms with Crippen molar-refractivity contribution in [2.45, 2.75) is 51.0 Å². The van der Waals surface area contributed by atoms with Crippen molar-refractivity contribution < 1.29 is 23.0 Å². The summed E-state index contributed by atoms with van der Waals surface area (Å²) < 4.78 is 48.8. The van der Waals surface area contributed by atoms with E-state index < -0.39 is 0 Å². The second kappa shape index (κ2) is 13.7. The van der Waals surface area contributed by atoms with Crippen molar-refractivity contribution in [3.05, 3.63) is 143 Å². The van der Waals surface area contributed by atoms with E-state index in [4.69, 9.17) is 14.2 Å². The van der Waals surface area contributed by atoms with Gasteiger partial charge >= 0.3 is 0 Å². The van der Waals surface area contributed by atoms with Gasteiger partial charge in [0.05, 0.1) is 32.0 Å². The molecule has 0 saturated carbocycles. The molecular weight excluding hydrogens is 532 g/mol. The van der Waals surface area contributed by atoms with Gasteiger partial charge in [0.1, 0.15) is 17.7 Å². The smallest absolute Gasteiger partial charge is 0.126 e. The van der Waals surface area contributed by atoms with Gasteiger partial charge in [-0.1, -0.05) is 91.0 Å². The predicted octanol–water partition coefficient (Wildman–Crippen LogP) is 6.75. The molecule has 6 rings (SSSR count). The van der Waals surface area contributed by atoms with Crippen molar-refractivity contribution in [2.75, 3.05) is 19.6 Å². The van der Waals surface area contributed by atoms with E-state index >= 15 is 0 Å². The Morgan fingerprint density at radius 2 is 0.952 bits per heavy atom. The van der Waals surface area contributed by atoms with Crippen LogP contribution in [-0.2, 0) is 46.9 Å². The largest absolute Gasteiger partial charge is 0.369 e. The first-order valence-electron chi connectivity index (χ1n) is 14.8. The molecule has 4 aromatic rings. The van der Waals surface area contributed by atoms with Crippen molar-refractivity contribution in [3.63, 3.8) is 0 Å². The highest BCUT2D eigenvalue weighted by Crippen LogP contribution is 2.33. The molecule has 0 amide bonds. The molecule has 42 heavy (non-hydrogen) atoms. The lowest BCUT2D eigenvalue weighted by atomic mass is 9.98. The number of hydrogen-bond donors (Lipinski definition) is 0. The van der Waals surface area contributed by atoms with Gasteiger partial charge in [-0.05, 0) is 58.7 Å². The Kier molecular flexibility index (Phi) is 9.36. The summed E-state index contributed by atoms with van der Waals surface area (Å²) in [4.78, 5) is 2.33. The van der Waals surface area contributed by atoms with E-state index in [1.54, 1.807) is 0 Å². The number of benzene rings is 4. The van der Waals surface area contributed by atoms with Gasteiger partial charge in [0.2, 0.25) is 0 Å². The SMILES string of the molecule is Fc1ccc(F)c2c1CC(CN1C[C@H](OCc3ccccc3)[C@@H](OCc3ccccc3)[C@H](OCc3ccccc3)C1)C2. The summed E-state index contributed by atoms with van der Waals surface area (Å²) >= 11 is 0. The number of likely N-dealkylation sites (tertiary alicyclic amines) is 1. The Bertz CT molecular complexity index is 1340. The highest BCUT2D eigenvalue weighted by molar-refractivity contribution is 5.35. The molecule has 3 atom stereocenters. The Morgan fingerprint density at radius 3 is 1.38 bits per heavy atom. The van der Waals surface area contributed by atoms with E-state index in [-0.39, 0.29) is 35.9 Å². The van der Waals surface area contributed by atoms with Crippen LogP contribution in [0.15, 0.2) is 103 Å². The Hall–Kier alpha value is -3.42. The zero-order valence-corrected chi connectivity index (χ0v) is 23.7. The summed E-state index contributed by atoms with van der Waals surface area (Å²) in [7, 11) is 0. The number of fused-ring (bicyclic) bond motifs is 1. The fraction of sp³-hybridized carbons (Fsp3) is 0.333. The average molecular weight is 570 g/mol. The van der Waals surface area contributed by atoms with E-state index in [0.29, 0.717) is 63.4 Å². The summed E-state index contributed by atoms with van der Waals surface area (Å²) in [5.41, 5.74) is 4.33. The van der Waals surface area contributed by atoms with Crippen LogP contribution in [0.5, 0.6) is 0 Å².